The summed E-state index contributed by atoms with van der Waals surface area (Å²) in [6.45, 7) is 4.64. The normalized spacial score (nSPS) is 24.4. The van der Waals surface area contributed by atoms with E-state index in [1.165, 1.54) is 0 Å². The lowest BCUT2D eigenvalue weighted by Gasteiger charge is -2.25. The van der Waals surface area contributed by atoms with Crippen LogP contribution in [0.2, 0.25) is 0 Å². The molecular formula is C16H20N2O3S. The molecule has 1 fully saturated rings. The topological polar surface area (TPSA) is 66.5 Å². The standard InChI is InChI=1S/C16H20N2O3S/c1-3-18(12-6-7-22(20,21)10-12)9-14-13-5-4-11(2)8-15(13)17-16(14)19/h4-5,8-9,12H,3,6-7,10H2,1-2H3,(H,17,19)/b14-9+. The third kappa shape index (κ3) is 2.75. The fourth-order valence-electron chi connectivity index (χ4n) is 3.09. The van der Waals surface area contributed by atoms with E-state index in [0.29, 0.717) is 18.5 Å². The van der Waals surface area contributed by atoms with Crippen LogP contribution in [0.1, 0.15) is 24.5 Å². The molecule has 0 aromatic heterocycles. The molecule has 2 aliphatic rings. The quantitative estimate of drug-likeness (QED) is 0.863. The van der Waals surface area contributed by atoms with Crippen LogP contribution in [0.25, 0.3) is 5.57 Å². The number of hydrogen-bond acceptors (Lipinski definition) is 4. The van der Waals surface area contributed by atoms with Crippen molar-refractivity contribution in [1.29, 1.82) is 0 Å². The van der Waals surface area contributed by atoms with Crippen LogP contribution in [0.15, 0.2) is 24.4 Å². The maximum atomic E-state index is 12.2. The number of aryl methyl sites for hydroxylation is 1. The van der Waals surface area contributed by atoms with E-state index in [1.807, 2.05) is 43.1 Å². The highest BCUT2D eigenvalue weighted by Crippen LogP contribution is 2.33. The number of anilines is 1. The number of sulfone groups is 1. The van der Waals surface area contributed by atoms with Crippen molar-refractivity contribution in [3.63, 3.8) is 0 Å². The van der Waals surface area contributed by atoms with E-state index in [0.717, 1.165) is 16.8 Å². The summed E-state index contributed by atoms with van der Waals surface area (Å²) in [7, 11) is -2.94. The highest BCUT2D eigenvalue weighted by Gasteiger charge is 2.32. The lowest BCUT2D eigenvalue weighted by molar-refractivity contribution is -0.110. The first-order valence-electron chi connectivity index (χ1n) is 7.50. The van der Waals surface area contributed by atoms with Gasteiger partial charge in [-0.25, -0.2) is 8.42 Å². The van der Waals surface area contributed by atoms with Gasteiger partial charge in [0, 0.05) is 30.0 Å². The van der Waals surface area contributed by atoms with Gasteiger partial charge in [0.1, 0.15) is 0 Å². The molecule has 1 N–H and O–H groups in total. The fourth-order valence-corrected chi connectivity index (χ4v) is 4.84. The minimum atomic E-state index is -2.94. The second kappa shape index (κ2) is 5.43. The number of nitrogens with zero attached hydrogens (tertiary/aromatic N) is 1. The van der Waals surface area contributed by atoms with Crippen molar-refractivity contribution in [3.8, 4) is 0 Å². The van der Waals surface area contributed by atoms with Crippen LogP contribution in [-0.2, 0) is 14.6 Å². The monoisotopic (exact) mass is 320 g/mol. The fraction of sp³-hybridized carbons (Fsp3) is 0.438. The summed E-state index contributed by atoms with van der Waals surface area (Å²) in [6, 6.07) is 5.83. The molecule has 0 saturated carbocycles. The smallest absolute Gasteiger partial charge is 0.257 e. The summed E-state index contributed by atoms with van der Waals surface area (Å²) in [5, 5.41) is 2.87. The molecule has 0 spiro atoms. The Morgan fingerprint density at radius 2 is 2.18 bits per heavy atom. The number of rotatable bonds is 3. The van der Waals surface area contributed by atoms with Gasteiger partial charge in [-0.1, -0.05) is 12.1 Å². The second-order valence-corrected chi connectivity index (χ2v) is 8.16. The first-order chi connectivity index (χ1) is 10.4. The van der Waals surface area contributed by atoms with Gasteiger partial charge in [0.15, 0.2) is 9.84 Å². The van der Waals surface area contributed by atoms with E-state index < -0.39 is 9.84 Å². The summed E-state index contributed by atoms with van der Waals surface area (Å²) >= 11 is 0. The molecule has 1 aromatic rings. The SMILES string of the molecule is CCN(/C=C1/C(=O)Nc2cc(C)ccc21)C1CCS(=O)(=O)C1. The van der Waals surface area contributed by atoms with Crippen molar-refractivity contribution in [2.75, 3.05) is 23.4 Å². The lowest BCUT2D eigenvalue weighted by atomic mass is 10.1. The Labute approximate surface area is 130 Å². The minimum absolute atomic E-state index is 0.0372. The van der Waals surface area contributed by atoms with Crippen LogP contribution in [0.5, 0.6) is 0 Å². The molecule has 1 atom stereocenters. The average molecular weight is 320 g/mol. The van der Waals surface area contributed by atoms with Crippen molar-refractivity contribution in [2.24, 2.45) is 0 Å². The van der Waals surface area contributed by atoms with Crippen molar-refractivity contribution >= 4 is 27.0 Å². The zero-order valence-electron chi connectivity index (χ0n) is 12.8. The number of amides is 1. The van der Waals surface area contributed by atoms with Crippen LogP contribution in [0.3, 0.4) is 0 Å². The van der Waals surface area contributed by atoms with E-state index in [2.05, 4.69) is 5.32 Å². The highest BCUT2D eigenvalue weighted by atomic mass is 32.2. The van der Waals surface area contributed by atoms with Gasteiger partial charge in [-0.3, -0.25) is 4.79 Å². The van der Waals surface area contributed by atoms with E-state index >= 15 is 0 Å². The summed E-state index contributed by atoms with van der Waals surface area (Å²) in [4.78, 5) is 14.2. The molecule has 0 aliphatic carbocycles. The molecular weight excluding hydrogens is 300 g/mol. The Bertz CT molecular complexity index is 753. The van der Waals surface area contributed by atoms with Crippen molar-refractivity contribution in [1.82, 2.24) is 4.90 Å². The maximum Gasteiger partial charge on any atom is 0.257 e. The van der Waals surface area contributed by atoms with Crippen molar-refractivity contribution in [3.05, 3.63) is 35.5 Å². The van der Waals surface area contributed by atoms with E-state index in [1.54, 1.807) is 0 Å². The van der Waals surface area contributed by atoms with Gasteiger partial charge in [0.05, 0.1) is 17.1 Å². The molecule has 2 heterocycles. The second-order valence-electron chi connectivity index (χ2n) is 5.93. The van der Waals surface area contributed by atoms with Gasteiger partial charge < -0.3 is 10.2 Å². The van der Waals surface area contributed by atoms with Gasteiger partial charge in [-0.15, -0.1) is 0 Å². The van der Waals surface area contributed by atoms with Crippen LogP contribution < -0.4 is 5.32 Å². The molecule has 1 saturated heterocycles. The third-order valence-electron chi connectivity index (χ3n) is 4.30. The van der Waals surface area contributed by atoms with Crippen LogP contribution >= 0.6 is 0 Å². The number of benzene rings is 1. The Balaban J connectivity index is 1.92. The number of carbonyl (C=O) groups is 1. The van der Waals surface area contributed by atoms with Crippen LogP contribution in [0.4, 0.5) is 5.69 Å². The molecule has 22 heavy (non-hydrogen) atoms. The van der Waals surface area contributed by atoms with Gasteiger partial charge in [-0.2, -0.15) is 0 Å². The number of hydrogen-bond donors (Lipinski definition) is 1. The van der Waals surface area contributed by atoms with Crippen LogP contribution in [-0.4, -0.2) is 43.3 Å². The van der Waals surface area contributed by atoms with Gasteiger partial charge >= 0.3 is 0 Å². The molecule has 2 aliphatic heterocycles. The number of fused-ring (bicyclic) bond motifs is 1. The molecule has 3 rings (SSSR count). The zero-order chi connectivity index (χ0) is 15.9. The molecule has 0 bridgehead atoms. The summed E-state index contributed by atoms with van der Waals surface area (Å²) in [5.74, 6) is 0.284. The van der Waals surface area contributed by atoms with Gasteiger partial charge in [-0.05, 0) is 31.9 Å². The van der Waals surface area contributed by atoms with E-state index in [-0.39, 0.29) is 23.5 Å². The summed E-state index contributed by atoms with van der Waals surface area (Å²) in [6.07, 6.45) is 2.45. The first-order valence-corrected chi connectivity index (χ1v) is 9.32. The van der Waals surface area contributed by atoms with Crippen molar-refractivity contribution in [2.45, 2.75) is 26.3 Å². The van der Waals surface area contributed by atoms with Gasteiger partial charge in [0.25, 0.3) is 5.91 Å². The largest absolute Gasteiger partial charge is 0.373 e. The molecule has 118 valence electrons. The molecule has 1 aromatic carbocycles. The third-order valence-corrected chi connectivity index (χ3v) is 6.05. The molecule has 0 radical (unpaired) electrons. The summed E-state index contributed by atoms with van der Waals surface area (Å²) < 4.78 is 23.3. The molecule has 6 heteroatoms. The predicted octanol–water partition coefficient (Wildman–Crippen LogP) is 1.80. The Kier molecular flexibility index (Phi) is 3.72. The van der Waals surface area contributed by atoms with Crippen LogP contribution in [0, 0.1) is 6.92 Å². The number of carbonyl (C=O) groups excluding carboxylic acids is 1. The summed E-state index contributed by atoms with van der Waals surface area (Å²) in [5.41, 5.74) is 3.41. The van der Waals surface area contributed by atoms with E-state index in [9.17, 15) is 13.2 Å². The molecule has 1 unspecified atom stereocenters. The Hall–Kier alpha value is -1.82. The average Bonchev–Trinajstić information content (AvgIpc) is 2.95. The first kappa shape index (κ1) is 15.1. The highest BCUT2D eigenvalue weighted by molar-refractivity contribution is 7.91. The molecule has 5 nitrogen and oxygen atoms in total. The van der Waals surface area contributed by atoms with E-state index in [4.69, 9.17) is 0 Å². The zero-order valence-corrected chi connectivity index (χ0v) is 13.6. The predicted molar refractivity (Wildman–Crippen MR) is 87.2 cm³/mol. The lowest BCUT2D eigenvalue weighted by Crippen LogP contribution is -2.32. The Morgan fingerprint density at radius 3 is 2.82 bits per heavy atom. The molecule has 1 amide bonds. The Morgan fingerprint density at radius 1 is 1.41 bits per heavy atom. The maximum absolute atomic E-state index is 12.2. The minimum Gasteiger partial charge on any atom is -0.373 e. The van der Waals surface area contributed by atoms with Crippen molar-refractivity contribution < 1.29 is 13.2 Å². The number of nitrogens with one attached hydrogen (secondary N) is 1. The van der Waals surface area contributed by atoms with Gasteiger partial charge in [0.2, 0.25) is 0 Å².